The fourth-order valence-electron chi connectivity index (χ4n) is 3.19. The molecule has 0 saturated heterocycles. The number of ether oxygens (including phenoxy) is 2. The molecule has 168 valence electrons. The fourth-order valence-corrected chi connectivity index (χ4v) is 4.40. The summed E-state index contributed by atoms with van der Waals surface area (Å²) in [5.74, 6) is -1.87. The predicted octanol–water partition coefficient (Wildman–Crippen LogP) is 4.72. The molecule has 2 aromatic heterocycles. The minimum absolute atomic E-state index is 0.145. The van der Waals surface area contributed by atoms with Crippen LogP contribution >= 0.6 is 22.9 Å². The van der Waals surface area contributed by atoms with E-state index in [1.807, 2.05) is 0 Å². The van der Waals surface area contributed by atoms with Crippen molar-refractivity contribution >= 4 is 56.8 Å². The molecule has 4 rings (SSSR count). The molecular formula is C23H17ClN2O6S. The van der Waals surface area contributed by atoms with E-state index < -0.39 is 24.5 Å². The van der Waals surface area contributed by atoms with Crippen molar-refractivity contribution in [2.75, 3.05) is 19.0 Å². The summed E-state index contributed by atoms with van der Waals surface area (Å²) in [6.07, 6.45) is -0.145. The highest BCUT2D eigenvalue weighted by Gasteiger charge is 2.24. The highest BCUT2D eigenvalue weighted by atomic mass is 35.5. The number of esters is 2. The van der Waals surface area contributed by atoms with E-state index in [2.05, 4.69) is 10.5 Å². The molecule has 8 nitrogen and oxygen atoms in total. The first-order valence-electron chi connectivity index (χ1n) is 9.71. The molecule has 0 spiro atoms. The fraction of sp³-hybridized carbons (Fsp3) is 0.130. The molecule has 0 aliphatic rings. The van der Waals surface area contributed by atoms with E-state index in [0.717, 1.165) is 11.3 Å². The van der Waals surface area contributed by atoms with E-state index in [1.54, 1.807) is 53.9 Å². The zero-order valence-electron chi connectivity index (χ0n) is 17.3. The zero-order chi connectivity index (χ0) is 23.4. The lowest BCUT2D eigenvalue weighted by Gasteiger charge is -2.09. The van der Waals surface area contributed by atoms with Crippen LogP contribution in [-0.4, -0.2) is 36.7 Å². The van der Waals surface area contributed by atoms with Crippen LogP contribution in [0.4, 0.5) is 5.00 Å². The molecule has 4 aromatic rings. The van der Waals surface area contributed by atoms with E-state index in [-0.39, 0.29) is 17.0 Å². The Labute approximate surface area is 197 Å². The smallest absolute Gasteiger partial charge is 0.341 e. The Bertz CT molecular complexity index is 1350. The second-order valence-corrected chi connectivity index (χ2v) is 8.12. The average molecular weight is 485 g/mol. The molecule has 2 aromatic carbocycles. The lowest BCUT2D eigenvalue weighted by molar-refractivity contribution is -0.146. The topological polar surface area (TPSA) is 108 Å². The second-order valence-electron chi connectivity index (χ2n) is 6.84. The van der Waals surface area contributed by atoms with E-state index in [1.165, 1.54) is 7.11 Å². The molecule has 0 aliphatic carbocycles. The molecule has 1 amide bonds. The number of carbonyl (C=O) groups is 3. The summed E-state index contributed by atoms with van der Waals surface area (Å²) in [6, 6.07) is 14.1. The summed E-state index contributed by atoms with van der Waals surface area (Å²) in [6.45, 7) is -0.533. The molecule has 10 heteroatoms. The molecule has 33 heavy (non-hydrogen) atoms. The SMILES string of the molecule is COC(=O)c1c(-c2ccccc2Cl)csc1NC(=O)COC(=O)Cc1noc2ccccc12. The molecule has 0 bridgehead atoms. The Balaban J connectivity index is 1.43. The van der Waals surface area contributed by atoms with Gasteiger partial charge in [0.05, 0.1) is 13.5 Å². The van der Waals surface area contributed by atoms with Gasteiger partial charge in [-0.3, -0.25) is 9.59 Å². The quantitative estimate of drug-likeness (QED) is 0.378. The molecule has 0 aliphatic heterocycles. The van der Waals surface area contributed by atoms with Crippen molar-refractivity contribution in [2.24, 2.45) is 0 Å². The van der Waals surface area contributed by atoms with E-state index in [0.29, 0.717) is 32.8 Å². The third-order valence-electron chi connectivity index (χ3n) is 4.73. The number of halogens is 1. The number of methoxy groups -OCH3 is 1. The minimum atomic E-state index is -0.639. The van der Waals surface area contributed by atoms with E-state index >= 15 is 0 Å². The first-order valence-corrected chi connectivity index (χ1v) is 11.0. The number of benzene rings is 2. The van der Waals surface area contributed by atoms with Crippen LogP contribution < -0.4 is 5.32 Å². The lowest BCUT2D eigenvalue weighted by Crippen LogP contribution is -2.22. The Hall–Kier alpha value is -3.69. The van der Waals surface area contributed by atoms with Gasteiger partial charge in [0.2, 0.25) is 0 Å². The average Bonchev–Trinajstić information content (AvgIpc) is 3.42. The summed E-state index contributed by atoms with van der Waals surface area (Å²) in [5.41, 5.74) is 2.31. The van der Waals surface area contributed by atoms with Crippen molar-refractivity contribution in [1.82, 2.24) is 5.16 Å². The van der Waals surface area contributed by atoms with Crippen molar-refractivity contribution in [3.8, 4) is 11.1 Å². The van der Waals surface area contributed by atoms with Crippen molar-refractivity contribution in [3.05, 3.63) is 70.2 Å². The molecule has 0 fully saturated rings. The van der Waals surface area contributed by atoms with Gasteiger partial charge in [-0.15, -0.1) is 11.3 Å². The van der Waals surface area contributed by atoms with Gasteiger partial charge in [0.15, 0.2) is 12.2 Å². The number of carbonyl (C=O) groups excluding carboxylic acids is 3. The van der Waals surface area contributed by atoms with Crippen LogP contribution in [0.1, 0.15) is 16.1 Å². The number of nitrogens with one attached hydrogen (secondary N) is 1. The van der Waals surface area contributed by atoms with E-state index in [9.17, 15) is 14.4 Å². The van der Waals surface area contributed by atoms with E-state index in [4.69, 9.17) is 25.6 Å². The number of aromatic nitrogens is 1. The maximum Gasteiger partial charge on any atom is 0.341 e. The summed E-state index contributed by atoms with van der Waals surface area (Å²) in [4.78, 5) is 37.0. The third-order valence-corrected chi connectivity index (χ3v) is 5.95. The van der Waals surface area contributed by atoms with Crippen molar-refractivity contribution < 1.29 is 28.4 Å². The number of para-hydroxylation sites is 1. The number of amides is 1. The second kappa shape index (κ2) is 9.85. The van der Waals surface area contributed by atoms with Gasteiger partial charge in [0.1, 0.15) is 16.3 Å². The summed E-state index contributed by atoms with van der Waals surface area (Å²) in [5, 5.41) is 9.59. The molecule has 0 saturated carbocycles. The number of rotatable bonds is 7. The summed E-state index contributed by atoms with van der Waals surface area (Å²) >= 11 is 7.41. The van der Waals surface area contributed by atoms with Crippen molar-refractivity contribution in [3.63, 3.8) is 0 Å². The molecule has 0 atom stereocenters. The maximum absolute atomic E-state index is 12.4. The number of hydrogen-bond donors (Lipinski definition) is 1. The highest BCUT2D eigenvalue weighted by Crippen LogP contribution is 2.39. The highest BCUT2D eigenvalue weighted by molar-refractivity contribution is 7.15. The van der Waals surface area contributed by atoms with Crippen LogP contribution in [0, 0.1) is 0 Å². The van der Waals surface area contributed by atoms with Gasteiger partial charge in [-0.05, 0) is 18.2 Å². The van der Waals surface area contributed by atoms with Crippen LogP contribution in [0.3, 0.4) is 0 Å². The summed E-state index contributed by atoms with van der Waals surface area (Å²) in [7, 11) is 1.25. The van der Waals surface area contributed by atoms with Crippen LogP contribution in [0.25, 0.3) is 22.1 Å². The van der Waals surface area contributed by atoms with Crippen molar-refractivity contribution in [1.29, 1.82) is 0 Å². The van der Waals surface area contributed by atoms with Gasteiger partial charge in [-0.1, -0.05) is 47.1 Å². The summed E-state index contributed by atoms with van der Waals surface area (Å²) < 4.78 is 15.1. The predicted molar refractivity (Wildman–Crippen MR) is 123 cm³/mol. The van der Waals surface area contributed by atoms with Crippen LogP contribution in [0.15, 0.2) is 58.4 Å². The van der Waals surface area contributed by atoms with Gasteiger partial charge in [0.25, 0.3) is 5.91 Å². The minimum Gasteiger partial charge on any atom is -0.465 e. The standard InChI is InChI=1S/C23H17ClN2O6S/c1-30-23(29)21-15(13-6-2-4-8-16(13)24)12-33-22(21)25-19(27)11-31-20(28)10-17-14-7-3-5-9-18(14)32-26-17/h2-9,12H,10-11H2,1H3,(H,25,27). The number of fused-ring (bicyclic) bond motifs is 1. The monoisotopic (exact) mass is 484 g/mol. The van der Waals surface area contributed by atoms with Gasteiger partial charge in [0, 0.05) is 26.9 Å². The normalized spacial score (nSPS) is 10.7. The molecule has 0 radical (unpaired) electrons. The Morgan fingerprint density at radius 1 is 1.09 bits per heavy atom. The Kier molecular flexibility index (Phi) is 6.71. The zero-order valence-corrected chi connectivity index (χ0v) is 18.9. The third kappa shape index (κ3) is 4.89. The molecule has 2 heterocycles. The van der Waals surface area contributed by atoms with Gasteiger partial charge in [-0.25, -0.2) is 4.79 Å². The van der Waals surface area contributed by atoms with Crippen LogP contribution in [-0.2, 0) is 25.5 Å². The van der Waals surface area contributed by atoms with Gasteiger partial charge in [-0.2, -0.15) is 0 Å². The first kappa shape index (κ1) is 22.5. The molecular weight excluding hydrogens is 468 g/mol. The van der Waals surface area contributed by atoms with Gasteiger partial charge >= 0.3 is 11.9 Å². The number of nitrogens with zero attached hydrogens (tertiary/aromatic N) is 1. The Morgan fingerprint density at radius 2 is 1.85 bits per heavy atom. The Morgan fingerprint density at radius 3 is 2.64 bits per heavy atom. The molecule has 1 N–H and O–H groups in total. The number of hydrogen-bond acceptors (Lipinski definition) is 8. The van der Waals surface area contributed by atoms with Crippen molar-refractivity contribution in [2.45, 2.75) is 6.42 Å². The molecule has 0 unspecified atom stereocenters. The van der Waals surface area contributed by atoms with Crippen LogP contribution in [0.5, 0.6) is 0 Å². The first-order chi connectivity index (χ1) is 16.0. The number of thiophene rings is 1. The number of anilines is 1. The van der Waals surface area contributed by atoms with Gasteiger partial charge < -0.3 is 19.3 Å². The van der Waals surface area contributed by atoms with Crippen LogP contribution in [0.2, 0.25) is 5.02 Å². The lowest BCUT2D eigenvalue weighted by atomic mass is 10.0. The maximum atomic E-state index is 12.4. The largest absolute Gasteiger partial charge is 0.465 e.